The molecule has 2 aromatic heterocycles. The number of piperidine rings is 1. The molecule has 0 amide bonds. The number of hydrogen-bond donors (Lipinski definition) is 0. The predicted molar refractivity (Wildman–Crippen MR) is 95.4 cm³/mol. The minimum Gasteiger partial charge on any atom is -0.341 e. The summed E-state index contributed by atoms with van der Waals surface area (Å²) in [7, 11) is 1.74. The first kappa shape index (κ1) is 16.0. The van der Waals surface area contributed by atoms with Gasteiger partial charge in [0.1, 0.15) is 5.78 Å². The van der Waals surface area contributed by atoms with E-state index in [4.69, 9.17) is 4.98 Å². The lowest BCUT2D eigenvalue weighted by molar-refractivity contribution is -0.124. The monoisotopic (exact) mass is 338 g/mol. The fourth-order valence-electron chi connectivity index (χ4n) is 3.57. The van der Waals surface area contributed by atoms with Crippen LogP contribution in [0.2, 0.25) is 0 Å². The maximum atomic E-state index is 12.5. The van der Waals surface area contributed by atoms with E-state index in [1.54, 1.807) is 30.1 Å². The van der Waals surface area contributed by atoms with Crippen molar-refractivity contribution in [2.75, 3.05) is 18.0 Å². The number of anilines is 1. The fourth-order valence-corrected chi connectivity index (χ4v) is 3.57. The van der Waals surface area contributed by atoms with Crippen LogP contribution in [0.3, 0.4) is 0 Å². The van der Waals surface area contributed by atoms with Gasteiger partial charge in [-0.3, -0.25) is 19.1 Å². The Morgan fingerprint density at radius 1 is 1.16 bits per heavy atom. The number of Topliss-reactive ketones (excluding diaryl/α,β-unsaturated/α-hetero) is 1. The maximum absolute atomic E-state index is 12.5. The molecule has 2 fully saturated rings. The van der Waals surface area contributed by atoms with E-state index >= 15 is 0 Å². The van der Waals surface area contributed by atoms with Crippen molar-refractivity contribution in [3.8, 4) is 11.3 Å². The summed E-state index contributed by atoms with van der Waals surface area (Å²) in [6.45, 7) is 1.49. The molecule has 130 valence electrons. The van der Waals surface area contributed by atoms with Gasteiger partial charge in [0.25, 0.3) is 5.56 Å². The number of pyridine rings is 1. The van der Waals surface area contributed by atoms with Gasteiger partial charge in [0.15, 0.2) is 0 Å². The molecule has 0 N–H and O–H groups in total. The second-order valence-corrected chi connectivity index (χ2v) is 7.04. The van der Waals surface area contributed by atoms with Gasteiger partial charge < -0.3 is 4.90 Å². The SMILES string of the molecule is Cn1c(N2CCCC(C(=O)C3CC3)C2)nc(-c2ccncc2)cc1=O. The summed E-state index contributed by atoms with van der Waals surface area (Å²) in [6, 6.07) is 5.25. The number of carbonyl (C=O) groups excluding carboxylic acids is 1. The van der Waals surface area contributed by atoms with Gasteiger partial charge in [-0.15, -0.1) is 0 Å². The number of aromatic nitrogens is 3. The largest absolute Gasteiger partial charge is 0.341 e. The predicted octanol–water partition coefficient (Wildman–Crippen LogP) is 2.04. The number of nitrogens with zero attached hydrogens (tertiary/aromatic N) is 4. The quantitative estimate of drug-likeness (QED) is 0.853. The summed E-state index contributed by atoms with van der Waals surface area (Å²) < 4.78 is 1.58. The summed E-state index contributed by atoms with van der Waals surface area (Å²) in [6.07, 6.45) is 7.38. The van der Waals surface area contributed by atoms with E-state index in [1.807, 2.05) is 12.1 Å². The van der Waals surface area contributed by atoms with Crippen molar-refractivity contribution in [3.63, 3.8) is 0 Å². The Hall–Kier alpha value is -2.50. The van der Waals surface area contributed by atoms with Crippen LogP contribution in [0.15, 0.2) is 35.4 Å². The lowest BCUT2D eigenvalue weighted by Gasteiger charge is -2.33. The first-order valence-electron chi connectivity index (χ1n) is 8.90. The summed E-state index contributed by atoms with van der Waals surface area (Å²) in [5.41, 5.74) is 1.43. The summed E-state index contributed by atoms with van der Waals surface area (Å²) in [4.78, 5) is 35.7. The van der Waals surface area contributed by atoms with Crippen molar-refractivity contribution in [1.82, 2.24) is 14.5 Å². The average molecular weight is 338 g/mol. The van der Waals surface area contributed by atoms with Gasteiger partial charge in [0, 0.05) is 56.0 Å². The second-order valence-electron chi connectivity index (χ2n) is 7.04. The molecule has 1 unspecified atom stereocenters. The molecule has 2 aromatic rings. The zero-order chi connectivity index (χ0) is 17.4. The average Bonchev–Trinajstić information content (AvgIpc) is 3.49. The summed E-state index contributed by atoms with van der Waals surface area (Å²) >= 11 is 0. The molecule has 1 saturated heterocycles. The van der Waals surface area contributed by atoms with E-state index in [1.165, 1.54) is 0 Å². The molecular formula is C19H22N4O2. The zero-order valence-electron chi connectivity index (χ0n) is 14.4. The molecule has 25 heavy (non-hydrogen) atoms. The van der Waals surface area contributed by atoms with Crippen LogP contribution >= 0.6 is 0 Å². The van der Waals surface area contributed by atoms with E-state index in [0.717, 1.165) is 37.8 Å². The number of hydrogen-bond acceptors (Lipinski definition) is 5. The van der Waals surface area contributed by atoms with Gasteiger partial charge in [0.05, 0.1) is 5.69 Å². The third-order valence-corrected chi connectivity index (χ3v) is 5.17. The van der Waals surface area contributed by atoms with Crippen molar-refractivity contribution in [1.29, 1.82) is 0 Å². The minimum atomic E-state index is -0.0903. The van der Waals surface area contributed by atoms with Crippen LogP contribution < -0.4 is 10.5 Å². The van der Waals surface area contributed by atoms with E-state index in [-0.39, 0.29) is 17.4 Å². The third-order valence-electron chi connectivity index (χ3n) is 5.17. The lowest BCUT2D eigenvalue weighted by Crippen LogP contribution is -2.42. The van der Waals surface area contributed by atoms with Crippen LogP contribution in [0.1, 0.15) is 25.7 Å². The van der Waals surface area contributed by atoms with Gasteiger partial charge in [-0.2, -0.15) is 0 Å². The Morgan fingerprint density at radius 2 is 1.92 bits per heavy atom. The van der Waals surface area contributed by atoms with Crippen LogP contribution in [0, 0.1) is 11.8 Å². The van der Waals surface area contributed by atoms with Crippen LogP contribution in [-0.4, -0.2) is 33.4 Å². The molecule has 2 aliphatic rings. The maximum Gasteiger partial charge on any atom is 0.255 e. The van der Waals surface area contributed by atoms with Crippen molar-refractivity contribution >= 4 is 11.7 Å². The van der Waals surface area contributed by atoms with Crippen molar-refractivity contribution in [3.05, 3.63) is 40.9 Å². The molecule has 0 spiro atoms. The van der Waals surface area contributed by atoms with Crippen molar-refractivity contribution in [2.24, 2.45) is 18.9 Å². The molecule has 6 heteroatoms. The number of ketones is 1. The van der Waals surface area contributed by atoms with E-state index in [9.17, 15) is 9.59 Å². The number of carbonyl (C=O) groups is 1. The highest BCUT2D eigenvalue weighted by molar-refractivity contribution is 5.86. The Labute approximate surface area is 146 Å². The molecule has 0 bridgehead atoms. The van der Waals surface area contributed by atoms with E-state index in [2.05, 4.69) is 9.88 Å². The highest BCUT2D eigenvalue weighted by Crippen LogP contribution is 2.35. The van der Waals surface area contributed by atoms with Crippen LogP contribution in [0.4, 0.5) is 5.95 Å². The van der Waals surface area contributed by atoms with E-state index in [0.29, 0.717) is 24.0 Å². The zero-order valence-corrected chi connectivity index (χ0v) is 14.4. The van der Waals surface area contributed by atoms with Crippen molar-refractivity contribution in [2.45, 2.75) is 25.7 Å². The molecule has 3 heterocycles. The van der Waals surface area contributed by atoms with Crippen LogP contribution in [-0.2, 0) is 11.8 Å². The number of rotatable bonds is 4. The molecule has 1 aliphatic carbocycles. The Morgan fingerprint density at radius 3 is 2.64 bits per heavy atom. The molecule has 6 nitrogen and oxygen atoms in total. The van der Waals surface area contributed by atoms with Gasteiger partial charge in [-0.25, -0.2) is 4.98 Å². The molecule has 1 saturated carbocycles. The normalized spacial score (nSPS) is 20.5. The molecule has 1 atom stereocenters. The first-order valence-corrected chi connectivity index (χ1v) is 8.90. The molecule has 0 radical (unpaired) electrons. The molecule has 4 rings (SSSR count). The van der Waals surface area contributed by atoms with Gasteiger partial charge in [-0.05, 0) is 37.8 Å². The van der Waals surface area contributed by atoms with Crippen molar-refractivity contribution < 1.29 is 4.79 Å². The minimum absolute atomic E-state index is 0.0720. The standard InChI is InChI=1S/C19H22N4O2/c1-22-17(24)11-16(13-6-8-20-9-7-13)21-19(22)23-10-2-3-15(12-23)18(25)14-4-5-14/h6-9,11,14-15H,2-5,10,12H2,1H3. The molecule has 0 aromatic carbocycles. The Bertz CT molecular complexity index is 842. The molecule has 1 aliphatic heterocycles. The summed E-state index contributed by atoms with van der Waals surface area (Å²) in [5, 5.41) is 0. The topological polar surface area (TPSA) is 68.1 Å². The highest BCUT2D eigenvalue weighted by Gasteiger charge is 2.37. The lowest BCUT2D eigenvalue weighted by atomic mass is 9.91. The van der Waals surface area contributed by atoms with Crippen LogP contribution in [0.25, 0.3) is 11.3 Å². The Kier molecular flexibility index (Phi) is 4.11. The fraction of sp³-hybridized carbons (Fsp3) is 0.474. The highest BCUT2D eigenvalue weighted by atomic mass is 16.1. The van der Waals surface area contributed by atoms with Gasteiger partial charge in [0.2, 0.25) is 5.95 Å². The van der Waals surface area contributed by atoms with Gasteiger partial charge in [-0.1, -0.05) is 0 Å². The molecular weight excluding hydrogens is 316 g/mol. The van der Waals surface area contributed by atoms with Crippen LogP contribution in [0.5, 0.6) is 0 Å². The second kappa shape index (κ2) is 6.43. The smallest absolute Gasteiger partial charge is 0.255 e. The van der Waals surface area contributed by atoms with Gasteiger partial charge >= 0.3 is 0 Å². The van der Waals surface area contributed by atoms with E-state index < -0.39 is 0 Å². The first-order chi connectivity index (χ1) is 12.1. The summed E-state index contributed by atoms with van der Waals surface area (Å²) in [5.74, 6) is 1.40. The third kappa shape index (κ3) is 3.21. The Balaban J connectivity index is 1.65.